The van der Waals surface area contributed by atoms with Crippen molar-refractivity contribution in [1.29, 1.82) is 0 Å². The Labute approximate surface area is 159 Å². The van der Waals surface area contributed by atoms with Gasteiger partial charge in [0.2, 0.25) is 21.8 Å². The van der Waals surface area contributed by atoms with E-state index in [2.05, 4.69) is 14.7 Å². The minimum absolute atomic E-state index is 0.00739. The second-order valence-electron chi connectivity index (χ2n) is 6.37. The molecule has 1 aliphatic carbocycles. The molecule has 3 rings (SSSR count). The maximum atomic E-state index is 12.3. The predicted octanol–water partition coefficient (Wildman–Crippen LogP) is 2.77. The number of ether oxygens (including phenoxy) is 2. The van der Waals surface area contributed by atoms with E-state index in [4.69, 9.17) is 9.47 Å². The number of sulfonamides is 1. The molecule has 1 aromatic carbocycles. The van der Waals surface area contributed by atoms with Crippen molar-refractivity contribution in [2.24, 2.45) is 0 Å². The number of nitrogens with zero attached hydrogens (tertiary/aromatic N) is 2. The van der Waals surface area contributed by atoms with Gasteiger partial charge in [0.1, 0.15) is 6.10 Å². The molecule has 1 saturated carbocycles. The quantitative estimate of drug-likeness (QED) is 0.783. The Morgan fingerprint density at radius 2 is 1.78 bits per heavy atom. The maximum Gasteiger partial charge on any atom is 0.235 e. The van der Waals surface area contributed by atoms with Gasteiger partial charge in [-0.05, 0) is 37.3 Å². The average Bonchev–Trinajstić information content (AvgIpc) is 2.69. The van der Waals surface area contributed by atoms with Gasteiger partial charge in [0.15, 0.2) is 0 Å². The second kappa shape index (κ2) is 8.96. The van der Waals surface area contributed by atoms with E-state index in [1.165, 1.54) is 18.7 Å². The third-order valence-electron chi connectivity index (χ3n) is 4.33. The minimum atomic E-state index is -3.48. The van der Waals surface area contributed by atoms with Crippen LogP contribution in [0.5, 0.6) is 11.8 Å². The fourth-order valence-corrected chi connectivity index (χ4v) is 4.07. The van der Waals surface area contributed by atoms with Crippen LogP contribution in [-0.2, 0) is 10.0 Å². The van der Waals surface area contributed by atoms with E-state index in [9.17, 15) is 8.42 Å². The van der Waals surface area contributed by atoms with Crippen LogP contribution in [0.1, 0.15) is 31.2 Å². The smallest absolute Gasteiger partial charge is 0.235 e. The summed E-state index contributed by atoms with van der Waals surface area (Å²) in [5, 5.41) is 1.22. The molecular formula is C19H23N3O4S. The molecule has 0 spiro atoms. The molecule has 144 valence electrons. The Balaban J connectivity index is 1.49. The van der Waals surface area contributed by atoms with Crippen molar-refractivity contribution in [3.05, 3.63) is 53.7 Å². The predicted molar refractivity (Wildman–Crippen MR) is 103 cm³/mol. The zero-order chi connectivity index (χ0) is 19.1. The molecule has 0 amide bonds. The van der Waals surface area contributed by atoms with Crippen LogP contribution in [-0.4, -0.2) is 37.6 Å². The van der Waals surface area contributed by atoms with Gasteiger partial charge in [0.05, 0.1) is 19.5 Å². The Morgan fingerprint density at radius 3 is 2.48 bits per heavy atom. The molecule has 0 aliphatic heterocycles. The monoisotopic (exact) mass is 389 g/mol. The first-order chi connectivity index (χ1) is 13.0. The van der Waals surface area contributed by atoms with Crippen LogP contribution in [0.15, 0.2) is 48.1 Å². The number of aromatic nitrogens is 2. The summed E-state index contributed by atoms with van der Waals surface area (Å²) in [6, 6.07) is 9.25. The summed E-state index contributed by atoms with van der Waals surface area (Å²) in [5.74, 6) is 0.823. The van der Waals surface area contributed by atoms with Gasteiger partial charge >= 0.3 is 0 Å². The van der Waals surface area contributed by atoms with Gasteiger partial charge < -0.3 is 9.47 Å². The molecule has 7 nitrogen and oxygen atoms in total. The average molecular weight is 389 g/mol. The summed E-state index contributed by atoms with van der Waals surface area (Å²) >= 11 is 0. The SMILES string of the molecule is COc1cncc(OC2CCC(NS(=O)(=O)/C=C/c3ccccc3)CC2)n1. The normalized spacial score (nSPS) is 20.5. The Bertz CT molecular complexity index is 864. The first-order valence-corrected chi connectivity index (χ1v) is 10.4. The van der Waals surface area contributed by atoms with Crippen LogP contribution in [0.2, 0.25) is 0 Å². The lowest BCUT2D eigenvalue weighted by molar-refractivity contribution is 0.137. The van der Waals surface area contributed by atoms with Gasteiger partial charge in [-0.1, -0.05) is 30.3 Å². The molecule has 0 unspecified atom stereocenters. The molecule has 27 heavy (non-hydrogen) atoms. The van der Waals surface area contributed by atoms with Gasteiger partial charge in [-0.3, -0.25) is 4.98 Å². The molecule has 0 bridgehead atoms. The van der Waals surface area contributed by atoms with Crippen LogP contribution in [0.3, 0.4) is 0 Å². The fourth-order valence-electron chi connectivity index (χ4n) is 2.96. The Morgan fingerprint density at radius 1 is 1.07 bits per heavy atom. The highest BCUT2D eigenvalue weighted by atomic mass is 32.2. The first kappa shape index (κ1) is 19.3. The van der Waals surface area contributed by atoms with Crippen molar-refractivity contribution in [3.63, 3.8) is 0 Å². The van der Waals surface area contributed by atoms with E-state index < -0.39 is 10.0 Å². The summed E-state index contributed by atoms with van der Waals surface area (Å²) in [6.07, 6.45) is 7.56. The molecule has 0 atom stereocenters. The fraction of sp³-hybridized carbons (Fsp3) is 0.368. The summed E-state index contributed by atoms with van der Waals surface area (Å²) in [5.41, 5.74) is 0.847. The molecule has 1 fully saturated rings. The van der Waals surface area contributed by atoms with E-state index in [1.807, 2.05) is 30.3 Å². The van der Waals surface area contributed by atoms with Gasteiger partial charge in [-0.25, -0.2) is 13.1 Å². The molecule has 0 saturated heterocycles. The topological polar surface area (TPSA) is 90.4 Å². The minimum Gasteiger partial charge on any atom is -0.480 e. The number of benzene rings is 1. The molecular weight excluding hydrogens is 366 g/mol. The zero-order valence-electron chi connectivity index (χ0n) is 15.1. The van der Waals surface area contributed by atoms with Crippen molar-refractivity contribution in [2.75, 3.05) is 7.11 Å². The highest BCUT2D eigenvalue weighted by Gasteiger charge is 2.25. The molecule has 0 radical (unpaired) electrons. The van der Waals surface area contributed by atoms with Crippen molar-refractivity contribution >= 4 is 16.1 Å². The lowest BCUT2D eigenvalue weighted by Crippen LogP contribution is -2.38. The van der Waals surface area contributed by atoms with Crippen LogP contribution >= 0.6 is 0 Å². The summed E-state index contributed by atoms with van der Waals surface area (Å²) in [7, 11) is -1.95. The summed E-state index contributed by atoms with van der Waals surface area (Å²) < 4.78 is 38.1. The number of nitrogens with one attached hydrogen (secondary N) is 1. The van der Waals surface area contributed by atoms with Gasteiger partial charge in [0.25, 0.3) is 0 Å². The molecule has 1 heterocycles. The summed E-state index contributed by atoms with van der Waals surface area (Å²) in [4.78, 5) is 8.21. The van der Waals surface area contributed by atoms with E-state index in [-0.39, 0.29) is 12.1 Å². The second-order valence-corrected chi connectivity index (χ2v) is 7.97. The molecule has 1 aromatic heterocycles. The van der Waals surface area contributed by atoms with Gasteiger partial charge in [-0.15, -0.1) is 0 Å². The first-order valence-electron chi connectivity index (χ1n) is 8.82. The van der Waals surface area contributed by atoms with E-state index in [1.54, 1.807) is 12.3 Å². The van der Waals surface area contributed by atoms with Gasteiger partial charge in [0, 0.05) is 11.4 Å². The van der Waals surface area contributed by atoms with Crippen LogP contribution in [0.25, 0.3) is 6.08 Å². The van der Waals surface area contributed by atoms with E-state index >= 15 is 0 Å². The van der Waals surface area contributed by atoms with Crippen molar-refractivity contribution in [1.82, 2.24) is 14.7 Å². The largest absolute Gasteiger partial charge is 0.480 e. The number of rotatable bonds is 7. The van der Waals surface area contributed by atoms with Crippen molar-refractivity contribution < 1.29 is 17.9 Å². The van der Waals surface area contributed by atoms with E-state index in [0.717, 1.165) is 18.4 Å². The maximum absolute atomic E-state index is 12.3. The van der Waals surface area contributed by atoms with E-state index in [0.29, 0.717) is 24.6 Å². The molecule has 2 aromatic rings. The third kappa shape index (κ3) is 6.04. The molecule has 1 N–H and O–H groups in total. The van der Waals surface area contributed by atoms with Crippen LogP contribution in [0, 0.1) is 0 Å². The Kier molecular flexibility index (Phi) is 6.41. The zero-order valence-corrected chi connectivity index (χ0v) is 15.9. The standard InChI is InChI=1S/C19H23N3O4S/c1-25-18-13-20-14-19(21-18)26-17-9-7-16(8-10-17)22-27(23,24)12-11-15-5-3-2-4-6-15/h2-6,11-14,16-17,22H,7-10H2,1H3/b12-11+. The number of methoxy groups -OCH3 is 1. The van der Waals surface area contributed by atoms with Crippen molar-refractivity contribution in [3.8, 4) is 11.8 Å². The highest BCUT2D eigenvalue weighted by molar-refractivity contribution is 7.92. The van der Waals surface area contributed by atoms with Crippen LogP contribution < -0.4 is 14.2 Å². The summed E-state index contributed by atoms with van der Waals surface area (Å²) in [6.45, 7) is 0. The third-order valence-corrected chi connectivity index (χ3v) is 5.49. The van der Waals surface area contributed by atoms with Gasteiger partial charge in [-0.2, -0.15) is 4.98 Å². The van der Waals surface area contributed by atoms with Crippen molar-refractivity contribution in [2.45, 2.75) is 37.8 Å². The number of hydrogen-bond acceptors (Lipinski definition) is 6. The lowest BCUT2D eigenvalue weighted by atomic mass is 9.94. The Hall–Kier alpha value is -2.45. The van der Waals surface area contributed by atoms with Crippen LogP contribution in [0.4, 0.5) is 0 Å². The molecule has 1 aliphatic rings. The highest BCUT2D eigenvalue weighted by Crippen LogP contribution is 2.24. The number of hydrogen-bond donors (Lipinski definition) is 1. The molecule has 8 heteroatoms. The lowest BCUT2D eigenvalue weighted by Gasteiger charge is -2.28.